The monoisotopic (exact) mass is 476 g/mol. The van der Waals surface area contributed by atoms with Crippen LogP contribution in [0.3, 0.4) is 0 Å². The molecule has 2 aromatic rings. The van der Waals surface area contributed by atoms with Gasteiger partial charge in [-0.05, 0) is 61.1 Å². The van der Waals surface area contributed by atoms with Gasteiger partial charge in [-0.1, -0.05) is 29.3 Å². The second-order valence-electron chi connectivity index (χ2n) is 6.46. The Morgan fingerprint density at radius 1 is 1.37 bits per heavy atom. The number of nitrogens with zero attached hydrogens (tertiary/aromatic N) is 2. The summed E-state index contributed by atoms with van der Waals surface area (Å²) >= 11 is 9.13. The predicted octanol–water partition coefficient (Wildman–Crippen LogP) is 4.07. The molecule has 6 nitrogen and oxygen atoms in total. The van der Waals surface area contributed by atoms with Crippen molar-refractivity contribution in [3.8, 4) is 5.75 Å². The SMILES string of the molecule is CN1CCC(COc2cnc(Cl)c(Br)c2)C1.Cc1ccc(S(=O)(=O)O)cc1. The number of halogens is 2. The molecule has 148 valence electrons. The molecule has 0 aliphatic carbocycles. The lowest BCUT2D eigenvalue weighted by Crippen LogP contribution is -2.17. The molecule has 1 unspecified atom stereocenters. The zero-order valence-electron chi connectivity index (χ0n) is 15.1. The average Bonchev–Trinajstić information content (AvgIpc) is 3.01. The molecular weight excluding hydrogens is 456 g/mol. The maximum atomic E-state index is 10.5. The second-order valence-corrected chi connectivity index (χ2v) is 9.09. The van der Waals surface area contributed by atoms with Crippen LogP contribution >= 0.6 is 27.5 Å². The van der Waals surface area contributed by atoms with Gasteiger partial charge in [0, 0.05) is 12.5 Å². The Labute approximate surface area is 173 Å². The van der Waals surface area contributed by atoms with Crippen LogP contribution in [0.1, 0.15) is 12.0 Å². The van der Waals surface area contributed by atoms with Crippen molar-refractivity contribution in [2.45, 2.75) is 18.2 Å². The summed E-state index contributed by atoms with van der Waals surface area (Å²) in [5, 5.41) is 0.466. The maximum absolute atomic E-state index is 10.5. The number of hydrogen-bond donors (Lipinski definition) is 1. The average molecular weight is 478 g/mol. The Hall–Kier alpha value is -1.19. The van der Waals surface area contributed by atoms with Crippen molar-refractivity contribution < 1.29 is 17.7 Å². The van der Waals surface area contributed by atoms with E-state index in [1.54, 1.807) is 18.3 Å². The van der Waals surface area contributed by atoms with Crippen molar-refractivity contribution in [2.24, 2.45) is 5.92 Å². The highest BCUT2D eigenvalue weighted by molar-refractivity contribution is 9.10. The smallest absolute Gasteiger partial charge is 0.294 e. The maximum Gasteiger partial charge on any atom is 0.294 e. The Kier molecular flexibility index (Phi) is 8.05. The molecule has 1 aromatic heterocycles. The molecule has 1 aromatic carbocycles. The van der Waals surface area contributed by atoms with E-state index in [0.717, 1.165) is 35.5 Å². The second kappa shape index (κ2) is 9.84. The zero-order valence-corrected chi connectivity index (χ0v) is 18.3. The Morgan fingerprint density at radius 2 is 2.04 bits per heavy atom. The van der Waals surface area contributed by atoms with Crippen molar-refractivity contribution in [2.75, 3.05) is 26.7 Å². The molecule has 1 atom stereocenters. The lowest BCUT2D eigenvalue weighted by molar-refractivity contribution is 0.248. The van der Waals surface area contributed by atoms with Gasteiger partial charge in [0.25, 0.3) is 10.1 Å². The third-order valence-electron chi connectivity index (χ3n) is 4.06. The fraction of sp³-hybridized carbons (Fsp3) is 0.389. The van der Waals surface area contributed by atoms with Crippen LogP contribution in [-0.4, -0.2) is 49.6 Å². The number of aromatic nitrogens is 1. The largest absolute Gasteiger partial charge is 0.492 e. The van der Waals surface area contributed by atoms with Crippen molar-refractivity contribution in [1.29, 1.82) is 0 Å². The van der Waals surface area contributed by atoms with Crippen LogP contribution in [0.25, 0.3) is 0 Å². The summed E-state index contributed by atoms with van der Waals surface area (Å²) in [6.45, 7) is 4.87. The minimum Gasteiger partial charge on any atom is -0.492 e. The fourth-order valence-electron chi connectivity index (χ4n) is 2.57. The van der Waals surface area contributed by atoms with Gasteiger partial charge < -0.3 is 9.64 Å². The molecule has 0 spiro atoms. The van der Waals surface area contributed by atoms with Gasteiger partial charge in [0.15, 0.2) is 0 Å². The molecule has 0 amide bonds. The van der Waals surface area contributed by atoms with E-state index >= 15 is 0 Å². The molecule has 1 N–H and O–H groups in total. The lowest BCUT2D eigenvalue weighted by atomic mass is 10.1. The number of likely N-dealkylation sites (tertiary alicyclic amines) is 1. The first-order chi connectivity index (χ1) is 12.6. The molecule has 1 saturated heterocycles. The van der Waals surface area contributed by atoms with E-state index in [4.69, 9.17) is 20.9 Å². The van der Waals surface area contributed by atoms with Crippen molar-refractivity contribution in [3.63, 3.8) is 0 Å². The van der Waals surface area contributed by atoms with E-state index in [9.17, 15) is 8.42 Å². The van der Waals surface area contributed by atoms with Gasteiger partial charge in [-0.3, -0.25) is 4.55 Å². The van der Waals surface area contributed by atoms with E-state index < -0.39 is 10.1 Å². The number of aryl methyl sites for hydroxylation is 1. The normalized spacial score (nSPS) is 17.3. The summed E-state index contributed by atoms with van der Waals surface area (Å²) < 4.78 is 36.0. The van der Waals surface area contributed by atoms with Gasteiger partial charge in [0.05, 0.1) is 22.2 Å². The minimum atomic E-state index is -4.02. The summed E-state index contributed by atoms with van der Waals surface area (Å²) in [6, 6.07) is 7.84. The molecular formula is C18H22BrClN2O4S. The summed E-state index contributed by atoms with van der Waals surface area (Å²) in [5.74, 6) is 1.39. The molecule has 9 heteroatoms. The van der Waals surface area contributed by atoms with E-state index in [1.165, 1.54) is 18.6 Å². The van der Waals surface area contributed by atoms with Crippen molar-refractivity contribution >= 4 is 37.6 Å². The van der Waals surface area contributed by atoms with E-state index in [2.05, 4.69) is 32.9 Å². The fourth-order valence-corrected chi connectivity index (χ4v) is 3.48. The van der Waals surface area contributed by atoms with Crippen LogP contribution in [0.5, 0.6) is 5.75 Å². The third kappa shape index (κ3) is 7.38. The van der Waals surface area contributed by atoms with Crippen LogP contribution < -0.4 is 4.74 Å². The van der Waals surface area contributed by atoms with Gasteiger partial charge in [-0.2, -0.15) is 8.42 Å². The molecule has 1 aliphatic heterocycles. The summed E-state index contributed by atoms with van der Waals surface area (Å²) in [4.78, 5) is 6.28. The van der Waals surface area contributed by atoms with E-state index in [1.807, 2.05) is 13.0 Å². The summed E-state index contributed by atoms with van der Waals surface area (Å²) in [5.41, 5.74) is 0.956. The minimum absolute atomic E-state index is 0.0666. The number of ether oxygens (including phenoxy) is 1. The predicted molar refractivity (Wildman–Crippen MR) is 109 cm³/mol. The topological polar surface area (TPSA) is 79.7 Å². The molecule has 0 saturated carbocycles. The first kappa shape index (κ1) is 22.1. The Balaban J connectivity index is 0.000000208. The molecule has 27 heavy (non-hydrogen) atoms. The van der Waals surface area contributed by atoms with E-state index in [-0.39, 0.29) is 4.90 Å². The number of benzene rings is 1. The van der Waals surface area contributed by atoms with Gasteiger partial charge in [0.1, 0.15) is 10.9 Å². The molecule has 0 bridgehead atoms. The number of hydrogen-bond acceptors (Lipinski definition) is 5. The van der Waals surface area contributed by atoms with Crippen LogP contribution in [0, 0.1) is 12.8 Å². The molecule has 3 rings (SSSR count). The first-order valence-electron chi connectivity index (χ1n) is 8.31. The van der Waals surface area contributed by atoms with Gasteiger partial charge in [-0.25, -0.2) is 4.98 Å². The molecule has 2 heterocycles. The molecule has 1 aliphatic rings. The third-order valence-corrected chi connectivity index (χ3v) is 6.07. The molecule has 1 fully saturated rings. The quantitative estimate of drug-likeness (QED) is 0.528. The van der Waals surface area contributed by atoms with Gasteiger partial charge >= 0.3 is 0 Å². The Morgan fingerprint density at radius 3 is 2.56 bits per heavy atom. The van der Waals surface area contributed by atoms with Crippen LogP contribution in [-0.2, 0) is 10.1 Å². The van der Waals surface area contributed by atoms with Crippen LogP contribution in [0.15, 0.2) is 45.9 Å². The zero-order chi connectivity index (χ0) is 20.0. The van der Waals surface area contributed by atoms with Crippen LogP contribution in [0.4, 0.5) is 0 Å². The van der Waals surface area contributed by atoms with Gasteiger partial charge in [-0.15, -0.1) is 0 Å². The number of rotatable bonds is 4. The summed E-state index contributed by atoms with van der Waals surface area (Å²) in [6.07, 6.45) is 2.87. The van der Waals surface area contributed by atoms with Gasteiger partial charge in [0.2, 0.25) is 0 Å². The van der Waals surface area contributed by atoms with Crippen LogP contribution in [0.2, 0.25) is 5.15 Å². The highest BCUT2D eigenvalue weighted by Crippen LogP contribution is 2.25. The lowest BCUT2D eigenvalue weighted by Gasteiger charge is -2.12. The van der Waals surface area contributed by atoms with Crippen molar-refractivity contribution in [1.82, 2.24) is 9.88 Å². The van der Waals surface area contributed by atoms with Crippen molar-refractivity contribution in [3.05, 3.63) is 51.7 Å². The number of pyridine rings is 1. The summed E-state index contributed by atoms with van der Waals surface area (Å²) in [7, 11) is -1.88. The standard InChI is InChI=1S/C11H14BrClN2O.C7H8O3S/c1-15-3-2-8(6-15)7-16-9-4-10(12)11(13)14-5-9;1-6-2-4-7(5-3-6)11(8,9)10/h4-5,8H,2-3,6-7H2,1H3;2-5H,1H3,(H,8,9,10). The van der Waals surface area contributed by atoms with E-state index in [0.29, 0.717) is 11.1 Å². The Bertz CT molecular complexity index is 862. The molecule has 0 radical (unpaired) electrons. The first-order valence-corrected chi connectivity index (χ1v) is 10.9. The highest BCUT2D eigenvalue weighted by atomic mass is 79.9. The highest BCUT2D eigenvalue weighted by Gasteiger charge is 2.19.